The molecule has 1 aromatic heterocycles. The molecule has 1 N–H and O–H groups in total. The molecule has 0 aliphatic carbocycles. The Morgan fingerprint density at radius 2 is 1.95 bits per heavy atom. The molecule has 0 saturated carbocycles. The second kappa shape index (κ2) is 7.26. The molecule has 1 heterocycles. The van der Waals surface area contributed by atoms with E-state index < -0.39 is 0 Å². The lowest BCUT2D eigenvalue weighted by molar-refractivity contribution is 0.0690. The zero-order valence-electron chi connectivity index (χ0n) is 12.7. The van der Waals surface area contributed by atoms with Gasteiger partial charge >= 0.3 is 0 Å². The number of carbonyl (C=O) groups excluding carboxylic acids is 1. The maximum Gasteiger partial charge on any atom is 0.293 e. The van der Waals surface area contributed by atoms with Gasteiger partial charge in [0.05, 0.1) is 0 Å². The van der Waals surface area contributed by atoms with Crippen molar-refractivity contribution in [3.63, 3.8) is 0 Å². The van der Waals surface area contributed by atoms with E-state index in [-0.39, 0.29) is 23.7 Å². The zero-order valence-corrected chi connectivity index (χ0v) is 12.7. The van der Waals surface area contributed by atoms with E-state index in [9.17, 15) is 4.79 Å². The number of unbranched alkanes of at least 4 members (excludes halogenated alkanes) is 2. The minimum Gasteiger partial charge on any atom is -0.333 e. The summed E-state index contributed by atoms with van der Waals surface area (Å²) < 4.78 is 0. The van der Waals surface area contributed by atoms with Crippen molar-refractivity contribution >= 4 is 5.91 Å². The summed E-state index contributed by atoms with van der Waals surface area (Å²) in [5.41, 5.74) is 0. The molecule has 5 nitrogen and oxygen atoms in total. The van der Waals surface area contributed by atoms with E-state index in [0.29, 0.717) is 0 Å². The van der Waals surface area contributed by atoms with Crippen molar-refractivity contribution in [2.24, 2.45) is 0 Å². The Balaban J connectivity index is 2.74. The quantitative estimate of drug-likeness (QED) is 0.772. The van der Waals surface area contributed by atoms with Crippen molar-refractivity contribution in [1.29, 1.82) is 0 Å². The maximum atomic E-state index is 12.4. The standard InChI is InChI=1S/C14H26N4O/c1-6-7-8-9-18(11(4)5)14(19)13-15-12(10(2)3)16-17-13/h10-11H,6-9H2,1-5H3,(H,15,16,17). The first-order chi connectivity index (χ1) is 8.97. The molecule has 0 fully saturated rings. The van der Waals surface area contributed by atoms with Gasteiger partial charge in [-0.05, 0) is 20.3 Å². The summed E-state index contributed by atoms with van der Waals surface area (Å²) in [5.74, 6) is 1.23. The van der Waals surface area contributed by atoms with Crippen molar-refractivity contribution < 1.29 is 4.79 Å². The third-order valence-corrected chi connectivity index (χ3v) is 3.13. The molecule has 0 aliphatic heterocycles. The third kappa shape index (κ3) is 4.33. The van der Waals surface area contributed by atoms with Crippen LogP contribution in [0.2, 0.25) is 0 Å². The van der Waals surface area contributed by atoms with Crippen molar-refractivity contribution in [2.45, 2.75) is 65.8 Å². The molecule has 19 heavy (non-hydrogen) atoms. The monoisotopic (exact) mass is 266 g/mol. The minimum atomic E-state index is -0.0748. The van der Waals surface area contributed by atoms with Crippen LogP contribution >= 0.6 is 0 Å². The molecule has 0 unspecified atom stereocenters. The first-order valence-electron chi connectivity index (χ1n) is 7.20. The predicted octanol–water partition coefficient (Wildman–Crippen LogP) is 2.97. The summed E-state index contributed by atoms with van der Waals surface area (Å²) in [6, 6.07) is 0.172. The average molecular weight is 266 g/mol. The molecule has 0 aromatic carbocycles. The minimum absolute atomic E-state index is 0.0748. The molecule has 1 aromatic rings. The van der Waals surface area contributed by atoms with E-state index >= 15 is 0 Å². The topological polar surface area (TPSA) is 61.9 Å². The van der Waals surface area contributed by atoms with Crippen molar-refractivity contribution in [3.8, 4) is 0 Å². The van der Waals surface area contributed by atoms with Crippen molar-refractivity contribution in [1.82, 2.24) is 20.1 Å². The molecule has 1 amide bonds. The van der Waals surface area contributed by atoms with Crippen LogP contribution in [-0.4, -0.2) is 38.6 Å². The molecule has 0 aliphatic rings. The summed E-state index contributed by atoms with van der Waals surface area (Å²) in [6.07, 6.45) is 3.32. The second-order valence-corrected chi connectivity index (χ2v) is 5.50. The Hall–Kier alpha value is -1.39. The van der Waals surface area contributed by atoms with Crippen LogP contribution in [0.25, 0.3) is 0 Å². The molecule has 108 valence electrons. The predicted molar refractivity (Wildman–Crippen MR) is 76.2 cm³/mol. The highest BCUT2D eigenvalue weighted by Gasteiger charge is 2.22. The van der Waals surface area contributed by atoms with Gasteiger partial charge in [0.1, 0.15) is 5.82 Å². The number of aromatic nitrogens is 3. The largest absolute Gasteiger partial charge is 0.333 e. The Bertz CT molecular complexity index is 398. The van der Waals surface area contributed by atoms with E-state index in [1.165, 1.54) is 0 Å². The fourth-order valence-electron chi connectivity index (χ4n) is 1.88. The summed E-state index contributed by atoms with van der Waals surface area (Å²) >= 11 is 0. The third-order valence-electron chi connectivity index (χ3n) is 3.13. The molecule has 0 spiro atoms. The highest BCUT2D eigenvalue weighted by molar-refractivity contribution is 5.90. The normalized spacial score (nSPS) is 11.3. The zero-order chi connectivity index (χ0) is 14.4. The van der Waals surface area contributed by atoms with Gasteiger partial charge in [-0.1, -0.05) is 33.6 Å². The fourth-order valence-corrected chi connectivity index (χ4v) is 1.88. The smallest absolute Gasteiger partial charge is 0.293 e. The van der Waals surface area contributed by atoms with Gasteiger partial charge in [-0.2, -0.15) is 0 Å². The van der Waals surface area contributed by atoms with E-state index in [4.69, 9.17) is 0 Å². The van der Waals surface area contributed by atoms with Crippen LogP contribution in [-0.2, 0) is 0 Å². The van der Waals surface area contributed by atoms with Crippen LogP contribution in [0.4, 0.5) is 0 Å². The highest BCUT2D eigenvalue weighted by Crippen LogP contribution is 2.11. The lowest BCUT2D eigenvalue weighted by Gasteiger charge is -2.25. The Kier molecular flexibility index (Phi) is 5.99. The molecule has 5 heteroatoms. The van der Waals surface area contributed by atoms with Gasteiger partial charge in [0, 0.05) is 18.5 Å². The lowest BCUT2D eigenvalue weighted by atomic mass is 10.2. The van der Waals surface area contributed by atoms with Crippen LogP contribution < -0.4 is 0 Å². The van der Waals surface area contributed by atoms with Gasteiger partial charge in [-0.3, -0.25) is 9.89 Å². The van der Waals surface area contributed by atoms with Crippen molar-refractivity contribution in [2.75, 3.05) is 6.54 Å². The molecule has 0 atom stereocenters. The number of carbonyl (C=O) groups is 1. The van der Waals surface area contributed by atoms with Crippen LogP contribution in [0.1, 0.15) is 76.2 Å². The summed E-state index contributed by atoms with van der Waals surface area (Å²) in [4.78, 5) is 18.5. The van der Waals surface area contributed by atoms with Gasteiger partial charge in [0.15, 0.2) is 0 Å². The fraction of sp³-hybridized carbons (Fsp3) is 0.786. The van der Waals surface area contributed by atoms with Gasteiger partial charge in [0.25, 0.3) is 5.91 Å². The Morgan fingerprint density at radius 1 is 1.26 bits per heavy atom. The Morgan fingerprint density at radius 3 is 2.42 bits per heavy atom. The van der Waals surface area contributed by atoms with Crippen LogP contribution in [0.3, 0.4) is 0 Å². The molecular weight excluding hydrogens is 240 g/mol. The number of hydrogen-bond acceptors (Lipinski definition) is 3. The van der Waals surface area contributed by atoms with E-state index in [1.807, 2.05) is 32.6 Å². The van der Waals surface area contributed by atoms with Crippen LogP contribution in [0.15, 0.2) is 0 Å². The SMILES string of the molecule is CCCCCN(C(=O)c1n[nH]c(C(C)C)n1)C(C)C. The number of rotatable bonds is 7. The first kappa shape index (κ1) is 15.7. The summed E-state index contributed by atoms with van der Waals surface area (Å²) in [5, 5.41) is 6.88. The van der Waals surface area contributed by atoms with Gasteiger partial charge in [-0.25, -0.2) is 4.98 Å². The average Bonchev–Trinajstić information content (AvgIpc) is 2.83. The lowest BCUT2D eigenvalue weighted by Crippen LogP contribution is -2.38. The molecule has 0 saturated heterocycles. The van der Waals surface area contributed by atoms with E-state index in [1.54, 1.807) is 0 Å². The number of amides is 1. The summed E-state index contributed by atoms with van der Waals surface area (Å²) in [7, 11) is 0. The number of nitrogens with one attached hydrogen (secondary N) is 1. The number of H-pyrrole nitrogens is 1. The molecule has 1 rings (SSSR count). The first-order valence-corrected chi connectivity index (χ1v) is 7.20. The van der Waals surface area contributed by atoms with E-state index in [0.717, 1.165) is 31.6 Å². The van der Waals surface area contributed by atoms with Crippen LogP contribution in [0.5, 0.6) is 0 Å². The molecule has 0 bridgehead atoms. The molecular formula is C14H26N4O. The highest BCUT2D eigenvalue weighted by atomic mass is 16.2. The van der Waals surface area contributed by atoms with Gasteiger partial charge < -0.3 is 4.90 Å². The van der Waals surface area contributed by atoms with E-state index in [2.05, 4.69) is 22.1 Å². The number of nitrogens with zero attached hydrogens (tertiary/aromatic N) is 3. The number of hydrogen-bond donors (Lipinski definition) is 1. The number of aromatic amines is 1. The van der Waals surface area contributed by atoms with Crippen molar-refractivity contribution in [3.05, 3.63) is 11.6 Å². The summed E-state index contributed by atoms with van der Waals surface area (Å²) in [6.45, 7) is 11.0. The van der Waals surface area contributed by atoms with Crippen LogP contribution in [0, 0.1) is 0 Å². The second-order valence-electron chi connectivity index (χ2n) is 5.50. The van der Waals surface area contributed by atoms with Gasteiger partial charge in [0.2, 0.25) is 5.82 Å². The maximum absolute atomic E-state index is 12.4. The molecule has 0 radical (unpaired) electrons. The van der Waals surface area contributed by atoms with Gasteiger partial charge in [-0.15, -0.1) is 5.10 Å². The Labute approximate surface area is 115 Å².